The Morgan fingerprint density at radius 1 is 1.16 bits per heavy atom. The molecule has 0 bridgehead atoms. The number of anilines is 1. The molecule has 2 aromatic rings. The zero-order valence-corrected chi connectivity index (χ0v) is 23.3. The second-order valence-electron chi connectivity index (χ2n) is 11.4. The molecule has 38 heavy (non-hydrogen) atoms. The van der Waals surface area contributed by atoms with Crippen molar-refractivity contribution < 1.29 is 32.9 Å². The van der Waals surface area contributed by atoms with Crippen molar-refractivity contribution in [2.24, 2.45) is 0 Å². The minimum absolute atomic E-state index is 0.0140. The maximum Gasteiger partial charge on any atom is 0.407 e. The van der Waals surface area contributed by atoms with E-state index in [-0.39, 0.29) is 19.1 Å². The molecule has 9 heteroatoms. The predicted octanol–water partition coefficient (Wildman–Crippen LogP) is 5.47. The number of aliphatic hydroxyl groups is 1. The summed E-state index contributed by atoms with van der Waals surface area (Å²) in [4.78, 5) is 12.6. The zero-order valence-electron chi connectivity index (χ0n) is 23.3. The molecule has 0 fully saturated rings. The van der Waals surface area contributed by atoms with Gasteiger partial charge in [-0.3, -0.25) is 0 Å². The second kappa shape index (κ2) is 11.9. The topological polar surface area (TPSA) is 89.1 Å². The number of hydrogen-bond donors (Lipinski definition) is 3. The van der Waals surface area contributed by atoms with Crippen LogP contribution in [0.3, 0.4) is 0 Å². The summed E-state index contributed by atoms with van der Waals surface area (Å²) in [5.74, 6) is -0.827. The lowest BCUT2D eigenvalue weighted by atomic mass is 9.87. The zero-order chi connectivity index (χ0) is 28.3. The third-order valence-electron chi connectivity index (χ3n) is 6.13. The summed E-state index contributed by atoms with van der Waals surface area (Å²) in [6.07, 6.45) is -1.30. The number of ether oxygens (including phenoxy) is 3. The summed E-state index contributed by atoms with van der Waals surface area (Å²) in [5, 5.41) is 17.2. The normalized spacial score (nSPS) is 16.4. The van der Waals surface area contributed by atoms with Gasteiger partial charge in [0.05, 0.1) is 36.1 Å². The number of halogens is 2. The summed E-state index contributed by atoms with van der Waals surface area (Å²) in [5.41, 5.74) is 1.86. The van der Waals surface area contributed by atoms with Gasteiger partial charge in [0.1, 0.15) is 23.0 Å². The highest BCUT2D eigenvalue weighted by Gasteiger charge is 2.32. The van der Waals surface area contributed by atoms with Crippen LogP contribution in [0.25, 0.3) is 0 Å². The highest BCUT2D eigenvalue weighted by atomic mass is 19.1. The highest BCUT2D eigenvalue weighted by Crippen LogP contribution is 2.41. The lowest BCUT2D eigenvalue weighted by Gasteiger charge is -2.35. The quantitative estimate of drug-likeness (QED) is 0.396. The molecule has 1 amide bonds. The fraction of sp³-hybridized carbons (Fsp3) is 0.552. The van der Waals surface area contributed by atoms with Gasteiger partial charge in [-0.2, -0.15) is 0 Å². The van der Waals surface area contributed by atoms with E-state index in [4.69, 9.17) is 14.2 Å². The minimum atomic E-state index is -1.13. The van der Waals surface area contributed by atoms with Gasteiger partial charge >= 0.3 is 6.09 Å². The number of hydrogen-bond acceptors (Lipinski definition) is 6. The van der Waals surface area contributed by atoms with Crippen molar-refractivity contribution in [3.63, 3.8) is 0 Å². The van der Waals surface area contributed by atoms with E-state index in [9.17, 15) is 18.7 Å². The molecule has 0 spiro atoms. The van der Waals surface area contributed by atoms with E-state index in [1.165, 1.54) is 12.1 Å². The largest absolute Gasteiger partial charge is 0.489 e. The number of fused-ring (bicyclic) bond motifs is 1. The molecule has 0 aromatic heterocycles. The van der Waals surface area contributed by atoms with Crippen molar-refractivity contribution in [1.82, 2.24) is 5.32 Å². The Labute approximate surface area is 223 Å². The molecule has 2 aromatic carbocycles. The monoisotopic (exact) mass is 534 g/mol. The Morgan fingerprint density at radius 2 is 1.82 bits per heavy atom. The molecule has 0 aliphatic carbocycles. The van der Waals surface area contributed by atoms with Crippen LogP contribution in [-0.2, 0) is 27.9 Å². The van der Waals surface area contributed by atoms with Gasteiger partial charge in [-0.15, -0.1) is 0 Å². The molecule has 1 heterocycles. The first kappa shape index (κ1) is 29.6. The third kappa shape index (κ3) is 8.04. The van der Waals surface area contributed by atoms with Gasteiger partial charge in [0.2, 0.25) is 0 Å². The lowest BCUT2D eigenvalue weighted by molar-refractivity contribution is -0.0314. The molecule has 2 atom stereocenters. The highest BCUT2D eigenvalue weighted by molar-refractivity contribution is 5.68. The predicted molar refractivity (Wildman–Crippen MR) is 143 cm³/mol. The van der Waals surface area contributed by atoms with E-state index < -0.39 is 41.1 Å². The number of carbonyl (C=O) groups excluding carboxylic acids is 1. The van der Waals surface area contributed by atoms with Gasteiger partial charge in [0.15, 0.2) is 0 Å². The van der Waals surface area contributed by atoms with Crippen LogP contribution in [0.5, 0.6) is 5.75 Å². The number of carbonyl (C=O) groups is 1. The number of alkyl carbamates (subject to hydrolysis) is 1. The van der Waals surface area contributed by atoms with Gasteiger partial charge < -0.3 is 30.0 Å². The molecule has 3 rings (SSSR count). The Hall–Kier alpha value is -2.91. The van der Waals surface area contributed by atoms with Crippen molar-refractivity contribution in [3.8, 4) is 5.75 Å². The maximum absolute atomic E-state index is 13.9. The number of amides is 1. The lowest BCUT2D eigenvalue weighted by Crippen LogP contribution is -2.49. The first-order valence-electron chi connectivity index (χ1n) is 13.0. The van der Waals surface area contributed by atoms with Gasteiger partial charge in [-0.1, -0.05) is 6.07 Å². The fourth-order valence-electron chi connectivity index (χ4n) is 4.56. The number of benzene rings is 2. The van der Waals surface area contributed by atoms with Crippen LogP contribution in [-0.4, -0.2) is 48.2 Å². The van der Waals surface area contributed by atoms with E-state index >= 15 is 0 Å². The van der Waals surface area contributed by atoms with E-state index in [2.05, 4.69) is 10.6 Å². The van der Waals surface area contributed by atoms with Gasteiger partial charge in [0, 0.05) is 12.6 Å². The van der Waals surface area contributed by atoms with Crippen LogP contribution >= 0.6 is 0 Å². The Bertz CT molecular complexity index is 1110. The van der Waals surface area contributed by atoms with Crippen molar-refractivity contribution in [3.05, 3.63) is 58.7 Å². The SMILES string of the molecule is CC(C)Oc1ccc2c(c1NC[C@@H](O)[C@H](Cc1cc(F)cc(F)c1)NC(=O)OC(C)(C)C)CCOC2(C)C. The van der Waals surface area contributed by atoms with Crippen LogP contribution < -0.4 is 15.4 Å². The summed E-state index contributed by atoms with van der Waals surface area (Å²) in [6, 6.07) is 6.12. The van der Waals surface area contributed by atoms with Gasteiger partial charge in [-0.05, 0) is 96.2 Å². The Kier molecular flexibility index (Phi) is 9.26. The van der Waals surface area contributed by atoms with Crippen LogP contribution in [0.2, 0.25) is 0 Å². The average Bonchev–Trinajstić information content (AvgIpc) is 2.75. The van der Waals surface area contributed by atoms with E-state index in [0.29, 0.717) is 24.3 Å². The fourth-order valence-corrected chi connectivity index (χ4v) is 4.56. The van der Waals surface area contributed by atoms with Crippen molar-refractivity contribution in [2.45, 2.75) is 90.8 Å². The standard InChI is InChI=1S/C29H40F2N2O5/c1-17(2)37-25-9-8-22-21(10-11-36-29(22,6)7)26(25)32-16-24(34)23(33-27(35)38-28(3,4)5)14-18-12-19(30)15-20(31)13-18/h8-9,12-13,15,17,23-24,32,34H,10-11,14,16H2,1-7H3,(H,33,35)/t23-,24+/m0/s1. The summed E-state index contributed by atoms with van der Waals surface area (Å²) in [6.45, 7) is 13.6. The molecule has 7 nitrogen and oxygen atoms in total. The first-order valence-corrected chi connectivity index (χ1v) is 13.0. The summed E-state index contributed by atoms with van der Waals surface area (Å²) in [7, 11) is 0. The average molecular weight is 535 g/mol. The maximum atomic E-state index is 13.9. The Balaban J connectivity index is 1.87. The van der Waals surface area contributed by atoms with Crippen molar-refractivity contribution in [1.29, 1.82) is 0 Å². The van der Waals surface area contributed by atoms with Crippen LogP contribution in [0.1, 0.15) is 65.2 Å². The molecule has 0 radical (unpaired) electrons. The molecule has 0 saturated carbocycles. The molecule has 210 valence electrons. The van der Waals surface area contributed by atoms with Crippen molar-refractivity contribution >= 4 is 11.8 Å². The van der Waals surface area contributed by atoms with Gasteiger partial charge in [0.25, 0.3) is 0 Å². The van der Waals surface area contributed by atoms with Crippen molar-refractivity contribution in [2.75, 3.05) is 18.5 Å². The van der Waals surface area contributed by atoms with E-state index in [1.807, 2.05) is 39.8 Å². The molecule has 1 aliphatic rings. The second-order valence-corrected chi connectivity index (χ2v) is 11.4. The van der Waals surface area contributed by atoms with Crippen LogP contribution in [0, 0.1) is 11.6 Å². The molecular formula is C29H40F2N2O5. The summed E-state index contributed by atoms with van der Waals surface area (Å²) >= 11 is 0. The summed E-state index contributed by atoms with van der Waals surface area (Å²) < 4.78 is 45.1. The molecule has 0 unspecified atom stereocenters. The molecule has 3 N–H and O–H groups in total. The smallest absolute Gasteiger partial charge is 0.407 e. The van der Waals surface area contributed by atoms with Crippen LogP contribution in [0.15, 0.2) is 30.3 Å². The molecule has 0 saturated heterocycles. The number of aliphatic hydroxyl groups excluding tert-OH is 1. The number of rotatable bonds is 9. The molecular weight excluding hydrogens is 494 g/mol. The first-order chi connectivity index (χ1) is 17.6. The third-order valence-corrected chi connectivity index (χ3v) is 6.13. The minimum Gasteiger partial charge on any atom is -0.489 e. The van der Waals surface area contributed by atoms with Crippen LogP contribution in [0.4, 0.5) is 19.3 Å². The number of nitrogens with one attached hydrogen (secondary N) is 2. The Morgan fingerprint density at radius 3 is 2.42 bits per heavy atom. The van der Waals surface area contributed by atoms with E-state index in [1.54, 1.807) is 20.8 Å². The van der Waals surface area contributed by atoms with Gasteiger partial charge in [-0.25, -0.2) is 13.6 Å². The molecule has 1 aliphatic heterocycles. The van der Waals surface area contributed by atoms with E-state index in [0.717, 1.165) is 22.9 Å².